The van der Waals surface area contributed by atoms with Crippen LogP contribution in [0.4, 0.5) is 0 Å². The zero-order chi connectivity index (χ0) is 14.0. The van der Waals surface area contributed by atoms with Gasteiger partial charge in [0.25, 0.3) is 0 Å². The van der Waals surface area contributed by atoms with Crippen molar-refractivity contribution in [1.82, 2.24) is 4.31 Å². The lowest BCUT2D eigenvalue weighted by atomic mass is 9.99. The average Bonchev–Trinajstić information content (AvgIpc) is 2.85. The fourth-order valence-electron chi connectivity index (χ4n) is 2.33. The molecule has 2 rings (SSSR count). The Morgan fingerprint density at radius 2 is 1.95 bits per heavy atom. The summed E-state index contributed by atoms with van der Waals surface area (Å²) < 4.78 is 26.3. The molecule has 0 bridgehead atoms. The zero-order valence-electron chi connectivity index (χ0n) is 12.0. The summed E-state index contributed by atoms with van der Waals surface area (Å²) in [5, 5.41) is 0. The fourth-order valence-corrected chi connectivity index (χ4v) is 3.84. The third kappa shape index (κ3) is 3.52. The lowest BCUT2D eigenvalue weighted by molar-refractivity contribution is 0.472. The number of benzene rings is 1. The van der Waals surface area contributed by atoms with E-state index in [1.807, 2.05) is 12.1 Å². The second-order valence-electron chi connectivity index (χ2n) is 5.29. The number of nitrogens with two attached hydrogens (primary N) is 1. The number of sulfonamides is 1. The molecule has 1 unspecified atom stereocenters. The summed E-state index contributed by atoms with van der Waals surface area (Å²) in [7, 11) is -3.37. The lowest BCUT2D eigenvalue weighted by Crippen LogP contribution is -2.31. The van der Waals surface area contributed by atoms with Crippen molar-refractivity contribution in [1.29, 1.82) is 0 Å². The van der Waals surface area contributed by atoms with Gasteiger partial charge in [-0.05, 0) is 36.5 Å². The van der Waals surface area contributed by atoms with Gasteiger partial charge in [0.1, 0.15) is 0 Å². The van der Waals surface area contributed by atoms with E-state index in [4.69, 9.17) is 5.73 Å². The zero-order valence-corrected chi connectivity index (χ0v) is 13.6. The Labute approximate surface area is 127 Å². The topological polar surface area (TPSA) is 63.4 Å². The number of hydrogen-bond donors (Lipinski definition) is 1. The summed E-state index contributed by atoms with van der Waals surface area (Å²) in [5.41, 5.74) is 6.96. The van der Waals surface area contributed by atoms with Gasteiger partial charge < -0.3 is 5.73 Å². The van der Waals surface area contributed by atoms with Crippen LogP contribution in [-0.2, 0) is 10.0 Å². The minimum absolute atomic E-state index is 0. The second-order valence-corrected chi connectivity index (χ2v) is 7.23. The van der Waals surface area contributed by atoms with Crippen molar-refractivity contribution in [3.05, 3.63) is 29.8 Å². The third-order valence-corrected chi connectivity index (χ3v) is 5.77. The molecule has 1 heterocycles. The van der Waals surface area contributed by atoms with E-state index < -0.39 is 10.0 Å². The SMILES string of the molecule is CCC(C)c1ccc(S(=O)(=O)N2CC[C@@H](N)C2)cc1.Cl. The molecule has 4 nitrogen and oxygen atoms in total. The Morgan fingerprint density at radius 3 is 2.40 bits per heavy atom. The largest absolute Gasteiger partial charge is 0.326 e. The average molecular weight is 319 g/mol. The summed E-state index contributed by atoms with van der Waals surface area (Å²) in [6.45, 7) is 5.22. The van der Waals surface area contributed by atoms with Gasteiger partial charge in [0, 0.05) is 19.1 Å². The Bertz CT molecular complexity index is 531. The van der Waals surface area contributed by atoms with E-state index in [0.717, 1.165) is 12.8 Å². The van der Waals surface area contributed by atoms with Crippen molar-refractivity contribution in [2.45, 2.75) is 43.5 Å². The van der Waals surface area contributed by atoms with E-state index >= 15 is 0 Å². The first-order valence-electron chi connectivity index (χ1n) is 6.81. The third-order valence-electron chi connectivity index (χ3n) is 3.89. The van der Waals surface area contributed by atoms with E-state index in [2.05, 4.69) is 13.8 Å². The van der Waals surface area contributed by atoms with Crippen LogP contribution in [0.15, 0.2) is 29.2 Å². The molecule has 1 fully saturated rings. The van der Waals surface area contributed by atoms with Crippen molar-refractivity contribution in [3.8, 4) is 0 Å². The molecule has 1 saturated heterocycles. The molecule has 0 aliphatic carbocycles. The van der Waals surface area contributed by atoms with Gasteiger partial charge in [-0.25, -0.2) is 8.42 Å². The van der Waals surface area contributed by atoms with Crippen molar-refractivity contribution in [3.63, 3.8) is 0 Å². The molecule has 114 valence electrons. The van der Waals surface area contributed by atoms with Gasteiger partial charge in [0.2, 0.25) is 10.0 Å². The van der Waals surface area contributed by atoms with Crippen LogP contribution >= 0.6 is 12.4 Å². The molecule has 1 aliphatic heterocycles. The molecule has 1 aromatic rings. The Hall–Kier alpha value is -0.620. The monoisotopic (exact) mass is 318 g/mol. The fraction of sp³-hybridized carbons (Fsp3) is 0.571. The molecule has 2 N–H and O–H groups in total. The van der Waals surface area contributed by atoms with Crippen LogP contribution in [-0.4, -0.2) is 31.9 Å². The predicted octanol–water partition coefficient (Wildman–Crippen LogP) is 2.34. The quantitative estimate of drug-likeness (QED) is 0.926. The normalized spacial score (nSPS) is 21.4. The smallest absolute Gasteiger partial charge is 0.243 e. The van der Waals surface area contributed by atoms with Crippen molar-refractivity contribution in [2.75, 3.05) is 13.1 Å². The van der Waals surface area contributed by atoms with Gasteiger partial charge in [-0.2, -0.15) is 4.31 Å². The van der Waals surface area contributed by atoms with Crippen LogP contribution in [0.2, 0.25) is 0 Å². The molecule has 2 atom stereocenters. The van der Waals surface area contributed by atoms with Crippen molar-refractivity contribution < 1.29 is 8.42 Å². The molecule has 0 saturated carbocycles. The maximum atomic E-state index is 12.4. The van der Waals surface area contributed by atoms with Gasteiger partial charge in [0.15, 0.2) is 0 Å². The van der Waals surface area contributed by atoms with Gasteiger partial charge in [-0.15, -0.1) is 12.4 Å². The predicted molar refractivity (Wildman–Crippen MR) is 83.7 cm³/mol. The Balaban J connectivity index is 0.00000200. The molecule has 0 amide bonds. The van der Waals surface area contributed by atoms with Crippen LogP contribution in [0.3, 0.4) is 0 Å². The summed E-state index contributed by atoms with van der Waals surface area (Å²) in [6.07, 6.45) is 1.79. The van der Waals surface area contributed by atoms with Gasteiger partial charge in [0.05, 0.1) is 4.90 Å². The number of halogens is 1. The molecule has 0 aromatic heterocycles. The van der Waals surface area contributed by atoms with Crippen molar-refractivity contribution in [2.24, 2.45) is 5.73 Å². The van der Waals surface area contributed by atoms with E-state index in [1.165, 1.54) is 9.87 Å². The standard InChI is InChI=1S/C14H22N2O2S.ClH/c1-3-11(2)12-4-6-14(7-5-12)19(17,18)16-9-8-13(15)10-16;/h4-7,11,13H,3,8-10,15H2,1-2H3;1H/t11?,13-;/m1./s1. The molecule has 0 radical (unpaired) electrons. The maximum Gasteiger partial charge on any atom is 0.243 e. The molecule has 1 aliphatic rings. The first kappa shape index (κ1) is 17.4. The molecule has 0 spiro atoms. The van der Waals surface area contributed by atoms with Gasteiger partial charge in [-0.3, -0.25) is 0 Å². The van der Waals surface area contributed by atoms with Crippen LogP contribution < -0.4 is 5.73 Å². The van der Waals surface area contributed by atoms with Crippen LogP contribution in [0.25, 0.3) is 0 Å². The molecule has 20 heavy (non-hydrogen) atoms. The minimum atomic E-state index is -3.37. The van der Waals surface area contributed by atoms with E-state index in [1.54, 1.807) is 12.1 Å². The van der Waals surface area contributed by atoms with E-state index in [9.17, 15) is 8.42 Å². The Morgan fingerprint density at radius 1 is 1.35 bits per heavy atom. The minimum Gasteiger partial charge on any atom is -0.326 e. The number of nitrogens with zero attached hydrogens (tertiary/aromatic N) is 1. The summed E-state index contributed by atoms with van der Waals surface area (Å²) in [6, 6.07) is 7.21. The molecular weight excluding hydrogens is 296 g/mol. The van der Waals surface area contributed by atoms with Crippen molar-refractivity contribution >= 4 is 22.4 Å². The second kappa shape index (κ2) is 6.89. The summed E-state index contributed by atoms with van der Waals surface area (Å²) >= 11 is 0. The molecule has 1 aromatic carbocycles. The first-order valence-corrected chi connectivity index (χ1v) is 8.25. The molecular formula is C14H23ClN2O2S. The highest BCUT2D eigenvalue weighted by molar-refractivity contribution is 7.89. The first-order chi connectivity index (χ1) is 8.95. The summed E-state index contributed by atoms with van der Waals surface area (Å²) in [5.74, 6) is 0.456. The molecule has 6 heteroatoms. The highest BCUT2D eigenvalue weighted by Crippen LogP contribution is 2.24. The Kier molecular flexibility index (Phi) is 6.01. The van der Waals surface area contributed by atoms with Crippen LogP contribution in [0.5, 0.6) is 0 Å². The van der Waals surface area contributed by atoms with Gasteiger partial charge >= 0.3 is 0 Å². The van der Waals surface area contributed by atoms with Crippen LogP contribution in [0, 0.1) is 0 Å². The summed E-state index contributed by atoms with van der Waals surface area (Å²) in [4.78, 5) is 0.369. The maximum absolute atomic E-state index is 12.4. The van der Waals surface area contributed by atoms with E-state index in [0.29, 0.717) is 23.9 Å². The number of rotatable bonds is 4. The van der Waals surface area contributed by atoms with Gasteiger partial charge in [-0.1, -0.05) is 26.0 Å². The lowest BCUT2D eigenvalue weighted by Gasteiger charge is -2.16. The van der Waals surface area contributed by atoms with Crippen LogP contribution in [0.1, 0.15) is 38.2 Å². The highest BCUT2D eigenvalue weighted by Gasteiger charge is 2.30. The number of hydrogen-bond acceptors (Lipinski definition) is 3. The highest BCUT2D eigenvalue weighted by atomic mass is 35.5. The van der Waals surface area contributed by atoms with E-state index in [-0.39, 0.29) is 18.4 Å².